The molecular weight excluding hydrogens is 304 g/mol. The molecule has 1 aromatic carbocycles. The lowest BCUT2D eigenvalue weighted by molar-refractivity contribution is -0.145. The van der Waals surface area contributed by atoms with Crippen molar-refractivity contribution in [2.24, 2.45) is 0 Å². The molecule has 124 valence electrons. The lowest BCUT2D eigenvalue weighted by Gasteiger charge is -2.37. The molecular formula is C18H20N4O2. The van der Waals surface area contributed by atoms with E-state index in [4.69, 9.17) is 4.74 Å². The van der Waals surface area contributed by atoms with Crippen LogP contribution in [-0.4, -0.2) is 53.1 Å². The maximum Gasteiger partial charge on any atom is 0.253 e. The van der Waals surface area contributed by atoms with Gasteiger partial charge in [0.2, 0.25) is 0 Å². The summed E-state index contributed by atoms with van der Waals surface area (Å²) in [6, 6.07) is 8.32. The fraction of sp³-hybridized carbons (Fsp3) is 0.389. The van der Waals surface area contributed by atoms with Crippen LogP contribution < -0.4 is 4.90 Å². The van der Waals surface area contributed by atoms with Crippen molar-refractivity contribution in [1.29, 1.82) is 0 Å². The van der Waals surface area contributed by atoms with E-state index >= 15 is 0 Å². The summed E-state index contributed by atoms with van der Waals surface area (Å²) in [6.45, 7) is 3.19. The number of morpholine rings is 1. The largest absolute Gasteiger partial charge is 0.365 e. The van der Waals surface area contributed by atoms with Crippen LogP contribution in [0.5, 0.6) is 0 Å². The van der Waals surface area contributed by atoms with E-state index in [0.29, 0.717) is 19.7 Å². The number of carbonyl (C=O) groups excluding carboxylic acids is 1. The van der Waals surface area contributed by atoms with Crippen molar-refractivity contribution in [2.75, 3.05) is 31.1 Å². The molecule has 1 unspecified atom stereocenters. The van der Waals surface area contributed by atoms with E-state index in [1.54, 1.807) is 18.6 Å². The number of rotatable bonds is 2. The fourth-order valence-corrected chi connectivity index (χ4v) is 3.35. The Morgan fingerprint density at radius 2 is 2.04 bits per heavy atom. The summed E-state index contributed by atoms with van der Waals surface area (Å²) in [5, 5.41) is 0. The van der Waals surface area contributed by atoms with Crippen LogP contribution in [-0.2, 0) is 22.5 Å². The lowest BCUT2D eigenvalue weighted by atomic mass is 9.99. The number of anilines is 1. The standard InChI is InChI=1S/C18H20N4O2/c23-18(22-8-5-14-3-1-2-4-15(14)12-22)16-13-21(9-10-24-16)17-11-19-6-7-20-17/h1-4,6-7,11,16H,5,8-10,12-13H2. The molecule has 1 aromatic heterocycles. The third kappa shape index (κ3) is 2.97. The predicted octanol–water partition coefficient (Wildman–Crippen LogP) is 1.27. The van der Waals surface area contributed by atoms with E-state index in [1.807, 2.05) is 11.0 Å². The van der Waals surface area contributed by atoms with Crippen LogP contribution in [0.2, 0.25) is 0 Å². The van der Waals surface area contributed by atoms with Gasteiger partial charge in [-0.25, -0.2) is 4.98 Å². The average molecular weight is 324 g/mol. The molecule has 0 radical (unpaired) electrons. The summed E-state index contributed by atoms with van der Waals surface area (Å²) < 4.78 is 5.75. The predicted molar refractivity (Wildman–Crippen MR) is 89.5 cm³/mol. The van der Waals surface area contributed by atoms with E-state index in [0.717, 1.165) is 25.3 Å². The smallest absolute Gasteiger partial charge is 0.253 e. The zero-order chi connectivity index (χ0) is 16.4. The van der Waals surface area contributed by atoms with Crippen LogP contribution in [0.1, 0.15) is 11.1 Å². The fourth-order valence-electron chi connectivity index (χ4n) is 3.35. The molecule has 3 heterocycles. The van der Waals surface area contributed by atoms with Crippen molar-refractivity contribution in [3.05, 3.63) is 54.0 Å². The molecule has 2 aliphatic rings. The Kier molecular flexibility index (Phi) is 4.13. The molecule has 0 N–H and O–H groups in total. The van der Waals surface area contributed by atoms with Crippen molar-refractivity contribution in [3.63, 3.8) is 0 Å². The Bertz CT molecular complexity index is 722. The Hall–Kier alpha value is -2.47. The second-order valence-electron chi connectivity index (χ2n) is 6.15. The first kappa shape index (κ1) is 15.1. The number of fused-ring (bicyclic) bond motifs is 1. The Morgan fingerprint density at radius 1 is 1.17 bits per heavy atom. The minimum atomic E-state index is -0.439. The van der Waals surface area contributed by atoms with Crippen LogP contribution in [0.3, 0.4) is 0 Å². The Labute approximate surface area is 141 Å². The summed E-state index contributed by atoms with van der Waals surface area (Å²) in [6.07, 6.45) is 5.51. The van der Waals surface area contributed by atoms with Gasteiger partial charge in [-0.1, -0.05) is 24.3 Å². The van der Waals surface area contributed by atoms with E-state index in [9.17, 15) is 4.79 Å². The molecule has 4 rings (SSSR count). The van der Waals surface area contributed by atoms with Gasteiger partial charge in [-0.15, -0.1) is 0 Å². The topological polar surface area (TPSA) is 58.6 Å². The van der Waals surface area contributed by atoms with Crippen molar-refractivity contribution >= 4 is 11.7 Å². The number of nitrogens with zero attached hydrogens (tertiary/aromatic N) is 4. The van der Waals surface area contributed by atoms with Gasteiger partial charge in [0.05, 0.1) is 19.3 Å². The van der Waals surface area contributed by atoms with Gasteiger partial charge in [0.25, 0.3) is 5.91 Å². The number of ether oxygens (including phenoxy) is 1. The highest BCUT2D eigenvalue weighted by molar-refractivity contribution is 5.82. The summed E-state index contributed by atoms with van der Waals surface area (Å²) >= 11 is 0. The lowest BCUT2D eigenvalue weighted by Crippen LogP contribution is -2.52. The summed E-state index contributed by atoms with van der Waals surface area (Å²) in [5.41, 5.74) is 2.57. The normalized spacial score (nSPS) is 20.6. The Morgan fingerprint density at radius 3 is 2.88 bits per heavy atom. The number of benzene rings is 1. The number of aromatic nitrogens is 2. The molecule has 24 heavy (non-hydrogen) atoms. The molecule has 0 bridgehead atoms. The molecule has 1 saturated heterocycles. The van der Waals surface area contributed by atoms with Gasteiger partial charge in [0.1, 0.15) is 5.82 Å². The monoisotopic (exact) mass is 324 g/mol. The molecule has 2 aromatic rings. The van der Waals surface area contributed by atoms with Gasteiger partial charge in [0, 0.05) is 32.0 Å². The minimum absolute atomic E-state index is 0.0677. The molecule has 1 fully saturated rings. The van der Waals surface area contributed by atoms with Crippen LogP contribution in [0.4, 0.5) is 5.82 Å². The number of hydrogen-bond donors (Lipinski definition) is 0. The van der Waals surface area contributed by atoms with Gasteiger partial charge in [-0.05, 0) is 17.5 Å². The molecule has 1 atom stereocenters. The first-order valence-electron chi connectivity index (χ1n) is 8.29. The van der Waals surface area contributed by atoms with Crippen molar-refractivity contribution < 1.29 is 9.53 Å². The van der Waals surface area contributed by atoms with Gasteiger partial charge in [-0.2, -0.15) is 0 Å². The van der Waals surface area contributed by atoms with Crippen molar-refractivity contribution in [3.8, 4) is 0 Å². The van der Waals surface area contributed by atoms with Gasteiger partial charge in [0.15, 0.2) is 6.10 Å². The van der Waals surface area contributed by atoms with E-state index in [2.05, 4.69) is 33.1 Å². The van der Waals surface area contributed by atoms with Crippen molar-refractivity contribution in [1.82, 2.24) is 14.9 Å². The zero-order valence-corrected chi connectivity index (χ0v) is 13.5. The molecule has 0 saturated carbocycles. The second kappa shape index (κ2) is 6.57. The first-order valence-corrected chi connectivity index (χ1v) is 8.29. The summed E-state index contributed by atoms with van der Waals surface area (Å²) in [5.74, 6) is 0.862. The third-order valence-electron chi connectivity index (χ3n) is 4.66. The maximum atomic E-state index is 12.9. The number of carbonyl (C=O) groups is 1. The van der Waals surface area contributed by atoms with Gasteiger partial charge in [-0.3, -0.25) is 9.78 Å². The third-order valence-corrected chi connectivity index (χ3v) is 4.66. The van der Waals surface area contributed by atoms with Crippen LogP contribution in [0, 0.1) is 0 Å². The van der Waals surface area contributed by atoms with Crippen molar-refractivity contribution in [2.45, 2.75) is 19.1 Å². The molecule has 0 aliphatic carbocycles. The summed E-state index contributed by atoms with van der Waals surface area (Å²) in [4.78, 5) is 25.3. The first-order chi connectivity index (χ1) is 11.8. The molecule has 0 spiro atoms. The van der Waals surface area contributed by atoms with Crippen LogP contribution in [0.15, 0.2) is 42.9 Å². The maximum absolute atomic E-state index is 12.9. The van der Waals surface area contributed by atoms with Crippen LogP contribution >= 0.6 is 0 Å². The van der Waals surface area contributed by atoms with E-state index in [-0.39, 0.29) is 5.91 Å². The van der Waals surface area contributed by atoms with Gasteiger partial charge >= 0.3 is 0 Å². The second-order valence-corrected chi connectivity index (χ2v) is 6.15. The minimum Gasteiger partial charge on any atom is -0.365 e. The highest BCUT2D eigenvalue weighted by Crippen LogP contribution is 2.21. The summed E-state index contributed by atoms with van der Waals surface area (Å²) in [7, 11) is 0. The van der Waals surface area contributed by atoms with Crippen LogP contribution in [0.25, 0.3) is 0 Å². The molecule has 6 nitrogen and oxygen atoms in total. The molecule has 6 heteroatoms. The van der Waals surface area contributed by atoms with E-state index < -0.39 is 6.10 Å². The zero-order valence-electron chi connectivity index (χ0n) is 13.5. The highest BCUT2D eigenvalue weighted by atomic mass is 16.5. The Balaban J connectivity index is 1.45. The molecule has 1 amide bonds. The number of hydrogen-bond acceptors (Lipinski definition) is 5. The number of amides is 1. The van der Waals surface area contributed by atoms with Gasteiger partial charge < -0.3 is 14.5 Å². The molecule has 2 aliphatic heterocycles. The quantitative estimate of drug-likeness (QED) is 0.832. The SMILES string of the molecule is O=C(C1CN(c2cnccn2)CCO1)N1CCc2ccccc2C1. The highest BCUT2D eigenvalue weighted by Gasteiger charge is 2.32. The average Bonchev–Trinajstić information content (AvgIpc) is 2.68. The van der Waals surface area contributed by atoms with E-state index in [1.165, 1.54) is 11.1 Å².